The fraction of sp³-hybridized carbons (Fsp3) is 0.250. The molecule has 0 aliphatic rings. The van der Waals surface area contributed by atoms with Gasteiger partial charge in [-0.25, -0.2) is 18.6 Å². The summed E-state index contributed by atoms with van der Waals surface area (Å²) in [5.74, 6) is -0.925. The van der Waals surface area contributed by atoms with E-state index in [-0.39, 0.29) is 9.26 Å². The van der Waals surface area contributed by atoms with E-state index in [2.05, 4.69) is 9.72 Å². The first-order valence-electron chi connectivity index (χ1n) is 4.09. The fourth-order valence-corrected chi connectivity index (χ4v) is 1.68. The van der Waals surface area contributed by atoms with Crippen molar-refractivity contribution in [1.29, 1.82) is 0 Å². The second-order valence-corrected chi connectivity index (χ2v) is 3.93. The fourth-order valence-electron chi connectivity index (χ4n) is 1.04. The van der Waals surface area contributed by atoms with Crippen LogP contribution in [0, 0.1) is 13.7 Å². The van der Waals surface area contributed by atoms with Crippen molar-refractivity contribution in [3.63, 3.8) is 0 Å². The van der Waals surface area contributed by atoms with Crippen LogP contribution in [0.4, 0.5) is 14.5 Å². The Hall–Kier alpha value is -1.39. The van der Waals surface area contributed by atoms with Crippen molar-refractivity contribution in [3.8, 4) is 0 Å². The molecule has 92 valence electrons. The van der Waals surface area contributed by atoms with Crippen molar-refractivity contribution in [2.24, 2.45) is 0 Å². The number of nitro groups is 1. The molecule has 0 aliphatic heterocycles. The number of pyridine rings is 1. The van der Waals surface area contributed by atoms with Gasteiger partial charge in [-0.05, 0) is 22.6 Å². The second kappa shape index (κ2) is 5.29. The normalized spacial score (nSPS) is 10.4. The molecule has 0 N–H and O–H groups in total. The highest BCUT2D eigenvalue weighted by Crippen LogP contribution is 2.29. The smallest absolute Gasteiger partial charge is 0.357 e. The third-order valence-corrected chi connectivity index (χ3v) is 2.59. The minimum absolute atomic E-state index is 0.0746. The lowest BCUT2D eigenvalue weighted by Crippen LogP contribution is -2.11. The molecule has 1 aromatic heterocycles. The number of aromatic nitrogens is 1. The molecule has 0 aliphatic carbocycles. The highest BCUT2D eigenvalue weighted by Gasteiger charge is 2.28. The quantitative estimate of drug-likeness (QED) is 0.359. The topological polar surface area (TPSA) is 82.3 Å². The third kappa shape index (κ3) is 2.84. The zero-order valence-electron chi connectivity index (χ0n) is 8.32. The lowest BCUT2D eigenvalue weighted by Gasteiger charge is -2.05. The highest BCUT2D eigenvalue weighted by atomic mass is 127. The maximum atomic E-state index is 12.5. The summed E-state index contributed by atoms with van der Waals surface area (Å²) in [5, 5.41) is 10.5. The summed E-state index contributed by atoms with van der Waals surface area (Å²) in [6.45, 7) is 0. The van der Waals surface area contributed by atoms with E-state index in [1.54, 1.807) is 22.6 Å². The van der Waals surface area contributed by atoms with Crippen LogP contribution in [0.25, 0.3) is 0 Å². The molecule has 6 nitrogen and oxygen atoms in total. The maximum absolute atomic E-state index is 12.5. The largest absolute Gasteiger partial charge is 0.464 e. The molecule has 0 amide bonds. The van der Waals surface area contributed by atoms with Crippen LogP contribution in [-0.4, -0.2) is 23.0 Å². The number of carbonyl (C=O) groups excluding carboxylic acids is 1. The number of rotatable bonds is 3. The minimum atomic E-state index is -3.14. The summed E-state index contributed by atoms with van der Waals surface area (Å²) in [7, 11) is 1.06. The number of halogens is 3. The first-order valence-corrected chi connectivity index (χ1v) is 5.17. The monoisotopic (exact) mass is 358 g/mol. The molecule has 0 saturated heterocycles. The van der Waals surface area contributed by atoms with Crippen molar-refractivity contribution in [2.45, 2.75) is 6.43 Å². The highest BCUT2D eigenvalue weighted by molar-refractivity contribution is 14.1. The van der Waals surface area contributed by atoms with Crippen molar-refractivity contribution < 1.29 is 23.2 Å². The van der Waals surface area contributed by atoms with Crippen LogP contribution in [0.1, 0.15) is 22.6 Å². The molecule has 9 heteroatoms. The van der Waals surface area contributed by atoms with Gasteiger partial charge in [0.05, 0.1) is 15.6 Å². The van der Waals surface area contributed by atoms with Crippen molar-refractivity contribution in [2.75, 3.05) is 7.11 Å². The Bertz CT molecular complexity index is 481. The van der Waals surface area contributed by atoms with Gasteiger partial charge < -0.3 is 4.74 Å². The van der Waals surface area contributed by atoms with Gasteiger partial charge in [0.15, 0.2) is 11.4 Å². The van der Waals surface area contributed by atoms with Gasteiger partial charge in [0.1, 0.15) is 0 Å². The van der Waals surface area contributed by atoms with Gasteiger partial charge in [-0.15, -0.1) is 0 Å². The van der Waals surface area contributed by atoms with Crippen LogP contribution >= 0.6 is 22.6 Å². The van der Waals surface area contributed by atoms with E-state index in [9.17, 15) is 23.7 Å². The number of esters is 1. The Morgan fingerprint density at radius 3 is 2.65 bits per heavy atom. The van der Waals surface area contributed by atoms with Crippen LogP contribution in [0.2, 0.25) is 0 Å². The standard InChI is InChI=1S/C8H5F2IN2O4/c1-17-8(14)5-3(11)2-4(13(15)16)6(12-5)7(9)10/h2,7H,1H3. The van der Waals surface area contributed by atoms with Crippen LogP contribution in [-0.2, 0) is 4.74 Å². The summed E-state index contributed by atoms with van der Waals surface area (Å²) in [6.07, 6.45) is -3.14. The zero-order valence-corrected chi connectivity index (χ0v) is 10.5. The molecule has 0 unspecified atom stereocenters. The first kappa shape index (κ1) is 13.7. The Morgan fingerprint density at radius 1 is 1.65 bits per heavy atom. The van der Waals surface area contributed by atoms with Gasteiger partial charge in [-0.3, -0.25) is 10.1 Å². The minimum Gasteiger partial charge on any atom is -0.464 e. The molecule has 17 heavy (non-hydrogen) atoms. The summed E-state index contributed by atoms with van der Waals surface area (Å²) < 4.78 is 29.5. The zero-order chi connectivity index (χ0) is 13.2. The van der Waals surface area contributed by atoms with Gasteiger partial charge in [0.2, 0.25) is 0 Å². The predicted octanol–water partition coefficient (Wildman–Crippen LogP) is 2.32. The van der Waals surface area contributed by atoms with Gasteiger partial charge in [0, 0.05) is 6.07 Å². The molecule has 0 saturated carbocycles. The molecule has 0 radical (unpaired) electrons. The average molecular weight is 358 g/mol. The Labute approximate surface area is 107 Å². The molecule has 0 spiro atoms. The number of hydrogen-bond acceptors (Lipinski definition) is 5. The molecule has 0 aromatic carbocycles. The number of ether oxygens (including phenoxy) is 1. The van der Waals surface area contributed by atoms with E-state index in [1.165, 1.54) is 0 Å². The molecule has 1 aromatic rings. The van der Waals surface area contributed by atoms with Crippen LogP contribution in [0.15, 0.2) is 6.07 Å². The number of methoxy groups -OCH3 is 1. The SMILES string of the molecule is COC(=O)c1nc(C(F)F)c([N+](=O)[O-])cc1I. The average Bonchev–Trinajstić information content (AvgIpc) is 2.27. The van der Waals surface area contributed by atoms with Crippen LogP contribution < -0.4 is 0 Å². The molecule has 0 bridgehead atoms. The van der Waals surface area contributed by atoms with E-state index in [0.29, 0.717) is 0 Å². The third-order valence-electron chi connectivity index (χ3n) is 1.77. The van der Waals surface area contributed by atoms with Crippen molar-refractivity contribution in [1.82, 2.24) is 4.98 Å². The Kier molecular flexibility index (Phi) is 4.26. The number of hydrogen-bond donors (Lipinski definition) is 0. The lowest BCUT2D eigenvalue weighted by atomic mass is 10.2. The Morgan fingerprint density at radius 2 is 2.24 bits per heavy atom. The van der Waals surface area contributed by atoms with Gasteiger partial charge >= 0.3 is 5.97 Å². The summed E-state index contributed by atoms with van der Waals surface area (Å²) in [5.41, 5.74) is -2.23. The van der Waals surface area contributed by atoms with E-state index >= 15 is 0 Å². The first-order chi connectivity index (χ1) is 7.88. The molecule has 1 heterocycles. The maximum Gasteiger partial charge on any atom is 0.357 e. The van der Waals surface area contributed by atoms with E-state index in [0.717, 1.165) is 13.2 Å². The van der Waals surface area contributed by atoms with Gasteiger partial charge in [-0.2, -0.15) is 0 Å². The number of nitrogens with zero attached hydrogens (tertiary/aromatic N) is 2. The second-order valence-electron chi connectivity index (χ2n) is 2.77. The summed E-state index contributed by atoms with van der Waals surface area (Å²) >= 11 is 1.59. The summed E-state index contributed by atoms with van der Waals surface area (Å²) in [6, 6.07) is 0.862. The lowest BCUT2D eigenvalue weighted by molar-refractivity contribution is -0.386. The molecule has 1 rings (SSSR count). The van der Waals surface area contributed by atoms with Crippen molar-refractivity contribution in [3.05, 3.63) is 31.1 Å². The van der Waals surface area contributed by atoms with E-state index in [4.69, 9.17) is 0 Å². The predicted molar refractivity (Wildman–Crippen MR) is 59.9 cm³/mol. The van der Waals surface area contributed by atoms with Crippen LogP contribution in [0.3, 0.4) is 0 Å². The van der Waals surface area contributed by atoms with Crippen LogP contribution in [0.5, 0.6) is 0 Å². The molecule has 0 fully saturated rings. The number of alkyl halides is 2. The summed E-state index contributed by atoms with van der Waals surface area (Å²) in [4.78, 5) is 24.0. The van der Waals surface area contributed by atoms with Gasteiger partial charge in [0.25, 0.3) is 12.1 Å². The molecular weight excluding hydrogens is 353 g/mol. The van der Waals surface area contributed by atoms with Gasteiger partial charge in [-0.1, -0.05) is 0 Å². The molecular formula is C8H5F2IN2O4. The molecule has 0 atom stereocenters. The van der Waals surface area contributed by atoms with Crippen molar-refractivity contribution >= 4 is 34.2 Å². The number of carbonyl (C=O) groups is 1. The van der Waals surface area contributed by atoms with E-state index in [1.807, 2.05) is 0 Å². The Balaban J connectivity index is 3.45. The van der Waals surface area contributed by atoms with E-state index < -0.39 is 28.7 Å².